The number of para-hydroxylation sites is 2. The molecule has 0 fully saturated rings. The van der Waals surface area contributed by atoms with Gasteiger partial charge in [-0.25, -0.2) is 0 Å². The summed E-state index contributed by atoms with van der Waals surface area (Å²) in [6.07, 6.45) is 0. The molecule has 0 unspecified atom stereocenters. The van der Waals surface area contributed by atoms with Crippen LogP contribution in [0.2, 0.25) is 0 Å². The van der Waals surface area contributed by atoms with Crippen molar-refractivity contribution in [3.05, 3.63) is 243 Å². The molecule has 0 amide bonds. The third-order valence-corrected chi connectivity index (χ3v) is 13.1. The van der Waals surface area contributed by atoms with Crippen LogP contribution in [0.1, 0.15) is 6.92 Å². The fraction of sp³-hybridized carbons (Fsp3) is 0.0625. The molecule has 69 heavy (non-hydrogen) atoms. The topological polar surface area (TPSA) is 29.9 Å². The van der Waals surface area contributed by atoms with Crippen LogP contribution < -0.4 is 19.3 Å². The minimum absolute atomic E-state index is 0.736. The van der Waals surface area contributed by atoms with Gasteiger partial charge in [-0.1, -0.05) is 121 Å². The van der Waals surface area contributed by atoms with Crippen LogP contribution in [0.3, 0.4) is 0 Å². The van der Waals surface area contributed by atoms with E-state index in [9.17, 15) is 0 Å². The molecule has 0 aliphatic heterocycles. The molecule has 0 spiro atoms. The van der Waals surface area contributed by atoms with Crippen LogP contribution in [0.4, 0.5) is 34.1 Å². The molecule has 0 aliphatic carbocycles. The van der Waals surface area contributed by atoms with Gasteiger partial charge in [-0.15, -0.1) is 0 Å². The molecule has 0 N–H and O–H groups in total. The number of fused-ring (bicyclic) bond motifs is 2. The molecule has 0 bridgehead atoms. The molecule has 334 valence electrons. The Kier molecular flexibility index (Phi) is 11.7. The van der Waals surface area contributed by atoms with Crippen LogP contribution in [-0.2, 0) is 6.54 Å². The molecule has 1 heterocycles. The number of hydrogen-bond donors (Lipinski definition) is 0. The molecule has 0 atom stereocenters. The Balaban J connectivity index is 1.12. The van der Waals surface area contributed by atoms with E-state index in [2.05, 4.69) is 264 Å². The van der Waals surface area contributed by atoms with Crippen LogP contribution >= 0.6 is 0 Å². The number of nitrogens with zero attached hydrogens (tertiary/aromatic N) is 3. The Hall–Kier alpha value is -8.80. The van der Waals surface area contributed by atoms with Gasteiger partial charge in [0.2, 0.25) is 0 Å². The molecule has 0 saturated heterocycles. The summed E-state index contributed by atoms with van der Waals surface area (Å²) in [5.74, 6) is 1.63. The Morgan fingerprint density at radius 3 is 1.00 bits per heavy atom. The van der Waals surface area contributed by atoms with E-state index in [-0.39, 0.29) is 0 Å². The minimum Gasteiger partial charge on any atom is -0.497 e. The molecular formula is C64H51N3O2. The van der Waals surface area contributed by atoms with Crippen LogP contribution in [0.15, 0.2) is 243 Å². The van der Waals surface area contributed by atoms with Gasteiger partial charge in [0.05, 0.1) is 25.6 Å². The zero-order valence-electron chi connectivity index (χ0n) is 39.0. The molecule has 11 rings (SSSR count). The second-order valence-corrected chi connectivity index (χ2v) is 17.1. The highest BCUT2D eigenvalue weighted by Gasteiger charge is 2.28. The van der Waals surface area contributed by atoms with Crippen molar-refractivity contribution in [2.24, 2.45) is 0 Å². The summed E-state index contributed by atoms with van der Waals surface area (Å²) in [5, 5.41) is 4.82. The highest BCUT2D eigenvalue weighted by molar-refractivity contribution is 6.03. The fourth-order valence-corrected chi connectivity index (χ4v) is 9.83. The molecular weight excluding hydrogens is 843 g/mol. The van der Waals surface area contributed by atoms with Gasteiger partial charge in [-0.05, 0) is 172 Å². The first-order valence-electron chi connectivity index (χ1n) is 23.5. The normalized spacial score (nSPS) is 11.2. The van der Waals surface area contributed by atoms with Crippen LogP contribution in [-0.4, -0.2) is 18.8 Å². The summed E-state index contributed by atoms with van der Waals surface area (Å²) in [5.41, 5.74) is 15.5. The summed E-state index contributed by atoms with van der Waals surface area (Å²) in [4.78, 5) is 4.68. The van der Waals surface area contributed by atoms with E-state index >= 15 is 0 Å². The standard InChI is InChI=1S/C64H51N3O2/c1-4-65-63(49-29-39-59(68-2)40-30-49)61(47-25-33-55(34-26-47)66(53-19-7-5-8-20-53)57-37-23-45-15-11-13-17-51(45)43-57)62(64(65)50-31-41-60(69-3)42-32-50)48-27-35-56(36-28-48)67(54-21-9-6-10-22-54)58-38-24-46-16-12-14-18-52(46)44-58/h5-44H,4H2,1-3H3. The second-order valence-electron chi connectivity index (χ2n) is 17.1. The molecule has 0 radical (unpaired) electrons. The van der Waals surface area contributed by atoms with E-state index in [1.165, 1.54) is 21.5 Å². The van der Waals surface area contributed by atoms with Crippen molar-refractivity contribution >= 4 is 55.7 Å². The SMILES string of the molecule is CCn1c(-c2ccc(OC)cc2)c(-c2ccc(N(c3ccccc3)c3ccc4ccccc4c3)cc2)c(-c2ccc(N(c3ccccc3)c3ccc4ccccc4c3)cc2)c1-c1ccc(OC)cc1. The molecule has 5 heteroatoms. The van der Waals surface area contributed by atoms with Crippen molar-refractivity contribution in [1.82, 2.24) is 4.57 Å². The van der Waals surface area contributed by atoms with Gasteiger partial charge in [0, 0.05) is 51.8 Å². The molecule has 0 saturated carbocycles. The van der Waals surface area contributed by atoms with E-state index in [1.54, 1.807) is 14.2 Å². The Morgan fingerprint density at radius 2 is 0.638 bits per heavy atom. The van der Waals surface area contributed by atoms with E-state index in [0.717, 1.165) is 96.9 Å². The van der Waals surface area contributed by atoms with Crippen LogP contribution in [0.25, 0.3) is 66.3 Å². The smallest absolute Gasteiger partial charge is 0.118 e. The van der Waals surface area contributed by atoms with Crippen molar-refractivity contribution in [2.75, 3.05) is 24.0 Å². The second kappa shape index (κ2) is 18.8. The molecule has 5 nitrogen and oxygen atoms in total. The van der Waals surface area contributed by atoms with Crippen molar-refractivity contribution < 1.29 is 9.47 Å². The minimum atomic E-state index is 0.736. The predicted molar refractivity (Wildman–Crippen MR) is 289 cm³/mol. The number of aromatic nitrogens is 1. The summed E-state index contributed by atoms with van der Waals surface area (Å²) in [6, 6.07) is 86.9. The van der Waals surface area contributed by atoms with Gasteiger partial charge >= 0.3 is 0 Å². The van der Waals surface area contributed by atoms with Crippen molar-refractivity contribution in [3.8, 4) is 56.3 Å². The number of hydrogen-bond acceptors (Lipinski definition) is 4. The monoisotopic (exact) mass is 893 g/mol. The van der Waals surface area contributed by atoms with Gasteiger partial charge < -0.3 is 23.8 Å². The third-order valence-electron chi connectivity index (χ3n) is 13.1. The average Bonchev–Trinajstić information content (AvgIpc) is 3.77. The first-order valence-corrected chi connectivity index (χ1v) is 23.5. The number of ether oxygens (including phenoxy) is 2. The number of rotatable bonds is 13. The van der Waals surface area contributed by atoms with Gasteiger partial charge in [0.15, 0.2) is 0 Å². The van der Waals surface area contributed by atoms with Crippen molar-refractivity contribution in [2.45, 2.75) is 13.5 Å². The predicted octanol–water partition coefficient (Wildman–Crippen LogP) is 17.4. The summed E-state index contributed by atoms with van der Waals surface area (Å²) in [6.45, 7) is 2.97. The molecule has 10 aromatic carbocycles. The maximum atomic E-state index is 5.69. The van der Waals surface area contributed by atoms with Crippen molar-refractivity contribution in [1.29, 1.82) is 0 Å². The molecule has 0 aliphatic rings. The lowest BCUT2D eigenvalue weighted by molar-refractivity contribution is 0.415. The maximum Gasteiger partial charge on any atom is 0.118 e. The quantitative estimate of drug-likeness (QED) is 0.115. The van der Waals surface area contributed by atoms with E-state index < -0.39 is 0 Å². The van der Waals surface area contributed by atoms with Gasteiger partial charge in [0.25, 0.3) is 0 Å². The largest absolute Gasteiger partial charge is 0.497 e. The van der Waals surface area contributed by atoms with Crippen molar-refractivity contribution in [3.63, 3.8) is 0 Å². The van der Waals surface area contributed by atoms with Gasteiger partial charge in [0.1, 0.15) is 11.5 Å². The van der Waals surface area contributed by atoms with E-state index in [1.807, 2.05) is 0 Å². The molecule has 1 aromatic heterocycles. The number of anilines is 6. The first-order chi connectivity index (χ1) is 34.1. The number of benzene rings is 10. The van der Waals surface area contributed by atoms with Gasteiger partial charge in [-0.2, -0.15) is 0 Å². The average molecular weight is 894 g/mol. The van der Waals surface area contributed by atoms with Crippen LogP contribution in [0, 0.1) is 0 Å². The summed E-state index contributed by atoms with van der Waals surface area (Å²) < 4.78 is 13.9. The summed E-state index contributed by atoms with van der Waals surface area (Å²) in [7, 11) is 3.44. The highest BCUT2D eigenvalue weighted by atomic mass is 16.5. The Labute approximate surface area is 404 Å². The van der Waals surface area contributed by atoms with E-state index in [4.69, 9.17) is 9.47 Å². The first kappa shape index (κ1) is 42.8. The van der Waals surface area contributed by atoms with Crippen LogP contribution in [0.5, 0.6) is 11.5 Å². The highest BCUT2D eigenvalue weighted by Crippen LogP contribution is 2.50. The maximum absolute atomic E-state index is 5.69. The van der Waals surface area contributed by atoms with Gasteiger partial charge in [-0.3, -0.25) is 0 Å². The lowest BCUT2D eigenvalue weighted by Crippen LogP contribution is -2.09. The number of methoxy groups -OCH3 is 2. The molecule has 11 aromatic rings. The third kappa shape index (κ3) is 8.25. The zero-order chi connectivity index (χ0) is 46.7. The summed E-state index contributed by atoms with van der Waals surface area (Å²) >= 11 is 0. The lowest BCUT2D eigenvalue weighted by atomic mass is 9.91. The fourth-order valence-electron chi connectivity index (χ4n) is 9.83. The lowest BCUT2D eigenvalue weighted by Gasteiger charge is -2.26. The van der Waals surface area contributed by atoms with E-state index in [0.29, 0.717) is 0 Å². The Bertz CT molecular complexity index is 3290. The zero-order valence-corrected chi connectivity index (χ0v) is 39.0. The Morgan fingerprint density at radius 1 is 0.319 bits per heavy atom.